The van der Waals surface area contributed by atoms with Crippen molar-refractivity contribution in [3.05, 3.63) is 29.3 Å². The third-order valence-electron chi connectivity index (χ3n) is 2.90. The second-order valence-corrected chi connectivity index (χ2v) is 4.32. The average molecular weight is 239 g/mol. The summed E-state index contributed by atoms with van der Waals surface area (Å²) in [5, 5.41) is 9.83. The number of hydrogen-bond donors (Lipinski definition) is 1. The van der Waals surface area contributed by atoms with Crippen LogP contribution < -0.4 is 0 Å². The molecule has 3 heterocycles. The molecule has 4 nitrogen and oxygen atoms in total. The average Bonchev–Trinajstić information content (AvgIpc) is 2.87. The zero-order chi connectivity index (χ0) is 11.1. The molecule has 1 saturated heterocycles. The monoisotopic (exact) mass is 238 g/mol. The molecule has 1 unspecified atom stereocenters. The summed E-state index contributed by atoms with van der Waals surface area (Å²) in [6, 6.07) is 3.25. The first-order valence-electron chi connectivity index (χ1n) is 5.20. The molecular weight excluding hydrogens is 228 g/mol. The van der Waals surface area contributed by atoms with Crippen LogP contribution in [0.1, 0.15) is 18.2 Å². The molecule has 1 atom stereocenters. The van der Waals surface area contributed by atoms with E-state index in [0.717, 1.165) is 24.4 Å². The second kappa shape index (κ2) is 3.64. The lowest BCUT2D eigenvalue weighted by atomic mass is 10.1. The highest BCUT2D eigenvalue weighted by atomic mass is 35.5. The van der Waals surface area contributed by atoms with Gasteiger partial charge in [-0.1, -0.05) is 11.6 Å². The van der Waals surface area contributed by atoms with Crippen LogP contribution in [-0.4, -0.2) is 27.7 Å². The fourth-order valence-corrected chi connectivity index (χ4v) is 2.32. The number of fused-ring (bicyclic) bond motifs is 1. The first-order valence-corrected chi connectivity index (χ1v) is 5.58. The Morgan fingerprint density at radius 1 is 1.56 bits per heavy atom. The van der Waals surface area contributed by atoms with E-state index >= 15 is 0 Å². The first kappa shape index (κ1) is 9.93. The summed E-state index contributed by atoms with van der Waals surface area (Å²) in [5.74, 6) is 1.41. The highest BCUT2D eigenvalue weighted by Gasteiger charge is 2.23. The molecule has 2 aromatic rings. The van der Waals surface area contributed by atoms with Crippen LogP contribution in [0.15, 0.2) is 18.3 Å². The van der Waals surface area contributed by atoms with Crippen molar-refractivity contribution < 1.29 is 9.84 Å². The van der Waals surface area contributed by atoms with Crippen LogP contribution in [0.5, 0.6) is 5.75 Å². The van der Waals surface area contributed by atoms with Gasteiger partial charge in [0, 0.05) is 24.8 Å². The van der Waals surface area contributed by atoms with Gasteiger partial charge in [-0.2, -0.15) is 0 Å². The number of rotatable bonds is 1. The van der Waals surface area contributed by atoms with E-state index in [9.17, 15) is 5.11 Å². The second-order valence-electron chi connectivity index (χ2n) is 3.96. The largest absolute Gasteiger partial charge is 0.508 e. The number of hydrogen-bond acceptors (Lipinski definition) is 3. The van der Waals surface area contributed by atoms with Crippen molar-refractivity contribution in [1.29, 1.82) is 0 Å². The summed E-state index contributed by atoms with van der Waals surface area (Å²) in [6.45, 7) is 1.46. The van der Waals surface area contributed by atoms with Gasteiger partial charge in [0.2, 0.25) is 0 Å². The van der Waals surface area contributed by atoms with Crippen LogP contribution >= 0.6 is 11.6 Å². The Morgan fingerprint density at radius 3 is 3.19 bits per heavy atom. The van der Waals surface area contributed by atoms with Gasteiger partial charge in [0.1, 0.15) is 11.6 Å². The molecule has 0 aliphatic carbocycles. The highest BCUT2D eigenvalue weighted by molar-refractivity contribution is 6.32. The van der Waals surface area contributed by atoms with Gasteiger partial charge in [0.15, 0.2) is 5.15 Å². The summed E-state index contributed by atoms with van der Waals surface area (Å²) in [5.41, 5.74) is 0.739. The lowest BCUT2D eigenvalue weighted by Crippen LogP contribution is -2.03. The summed E-state index contributed by atoms with van der Waals surface area (Å²) in [4.78, 5) is 4.35. The SMILES string of the molecule is Oc1ccn2c(C3CCOC3)nc(Cl)c2c1. The van der Waals surface area contributed by atoms with Gasteiger partial charge in [0.05, 0.1) is 12.1 Å². The molecule has 0 spiro atoms. The lowest BCUT2D eigenvalue weighted by Gasteiger charge is -2.06. The molecule has 0 bridgehead atoms. The van der Waals surface area contributed by atoms with Crippen molar-refractivity contribution >= 4 is 17.1 Å². The van der Waals surface area contributed by atoms with Crippen molar-refractivity contribution in [3.63, 3.8) is 0 Å². The molecule has 0 saturated carbocycles. The van der Waals surface area contributed by atoms with Crippen LogP contribution in [-0.2, 0) is 4.74 Å². The quantitative estimate of drug-likeness (QED) is 0.829. The van der Waals surface area contributed by atoms with Crippen LogP contribution in [0, 0.1) is 0 Å². The molecular formula is C11H11ClN2O2. The zero-order valence-corrected chi connectivity index (χ0v) is 9.31. The van der Waals surface area contributed by atoms with Crippen molar-refractivity contribution in [3.8, 4) is 5.75 Å². The number of halogens is 1. The topological polar surface area (TPSA) is 46.8 Å². The first-order chi connectivity index (χ1) is 7.75. The van der Waals surface area contributed by atoms with Crippen LogP contribution in [0.2, 0.25) is 5.15 Å². The molecule has 1 aliphatic rings. The third kappa shape index (κ3) is 1.45. The van der Waals surface area contributed by atoms with Gasteiger partial charge >= 0.3 is 0 Å². The molecule has 5 heteroatoms. The van der Waals surface area contributed by atoms with Crippen LogP contribution in [0.25, 0.3) is 5.52 Å². The molecule has 0 aromatic carbocycles. The van der Waals surface area contributed by atoms with E-state index in [0.29, 0.717) is 17.7 Å². The Bertz CT molecular complexity index is 532. The van der Waals surface area contributed by atoms with E-state index in [4.69, 9.17) is 16.3 Å². The van der Waals surface area contributed by atoms with Crippen molar-refractivity contribution in [2.45, 2.75) is 12.3 Å². The van der Waals surface area contributed by atoms with E-state index in [2.05, 4.69) is 4.98 Å². The molecule has 16 heavy (non-hydrogen) atoms. The number of nitrogens with zero attached hydrogens (tertiary/aromatic N) is 2. The maximum atomic E-state index is 9.40. The highest BCUT2D eigenvalue weighted by Crippen LogP contribution is 2.29. The maximum Gasteiger partial charge on any atom is 0.155 e. The Labute approximate surface area is 97.4 Å². The minimum absolute atomic E-state index is 0.198. The molecule has 1 fully saturated rings. The summed E-state index contributed by atoms with van der Waals surface area (Å²) < 4.78 is 7.27. The van der Waals surface area contributed by atoms with E-state index < -0.39 is 0 Å². The maximum absolute atomic E-state index is 9.40. The summed E-state index contributed by atoms with van der Waals surface area (Å²) >= 11 is 6.04. The normalized spacial score (nSPS) is 20.7. The molecule has 2 aromatic heterocycles. The van der Waals surface area contributed by atoms with Gasteiger partial charge in [0.25, 0.3) is 0 Å². The van der Waals surface area contributed by atoms with Gasteiger partial charge in [-0.05, 0) is 12.5 Å². The Hall–Kier alpha value is -1.26. The minimum atomic E-state index is 0.198. The Morgan fingerprint density at radius 2 is 2.44 bits per heavy atom. The van der Waals surface area contributed by atoms with Gasteiger partial charge in [-0.3, -0.25) is 0 Å². The third-order valence-corrected chi connectivity index (χ3v) is 3.18. The number of pyridine rings is 1. The van der Waals surface area contributed by atoms with E-state index in [1.165, 1.54) is 0 Å². The summed E-state index contributed by atoms with van der Waals surface area (Å²) in [6.07, 6.45) is 2.76. The van der Waals surface area contributed by atoms with Gasteiger partial charge in [-0.25, -0.2) is 4.98 Å². The smallest absolute Gasteiger partial charge is 0.155 e. The van der Waals surface area contributed by atoms with Crippen molar-refractivity contribution in [2.75, 3.05) is 13.2 Å². The molecule has 84 valence electrons. The number of aromatic nitrogens is 2. The minimum Gasteiger partial charge on any atom is -0.508 e. The van der Waals surface area contributed by atoms with Crippen molar-refractivity contribution in [2.24, 2.45) is 0 Å². The number of imidazole rings is 1. The fourth-order valence-electron chi connectivity index (χ4n) is 2.09. The van der Waals surface area contributed by atoms with E-state index in [1.54, 1.807) is 18.3 Å². The molecule has 3 rings (SSSR count). The van der Waals surface area contributed by atoms with Gasteiger partial charge < -0.3 is 14.2 Å². The molecule has 0 amide bonds. The standard InChI is InChI=1S/C11H11ClN2O2/c12-10-9-5-8(15)1-3-14(9)11(13-10)7-2-4-16-6-7/h1,3,5,7,15H,2,4,6H2. The summed E-state index contributed by atoms with van der Waals surface area (Å²) in [7, 11) is 0. The Kier molecular flexibility index (Phi) is 2.26. The predicted octanol–water partition coefficient (Wildman–Crippen LogP) is 2.20. The van der Waals surface area contributed by atoms with E-state index in [-0.39, 0.29) is 5.75 Å². The molecule has 1 N–H and O–H groups in total. The predicted molar refractivity (Wildman–Crippen MR) is 60.0 cm³/mol. The Balaban J connectivity index is 2.18. The number of aromatic hydroxyl groups is 1. The van der Waals surface area contributed by atoms with Crippen molar-refractivity contribution in [1.82, 2.24) is 9.38 Å². The van der Waals surface area contributed by atoms with Gasteiger partial charge in [-0.15, -0.1) is 0 Å². The lowest BCUT2D eigenvalue weighted by molar-refractivity contribution is 0.193. The van der Waals surface area contributed by atoms with Crippen LogP contribution in [0.4, 0.5) is 0 Å². The zero-order valence-electron chi connectivity index (χ0n) is 8.56. The molecule has 1 aliphatic heterocycles. The van der Waals surface area contributed by atoms with E-state index in [1.807, 2.05) is 4.40 Å². The molecule has 0 radical (unpaired) electrons. The number of ether oxygens (including phenoxy) is 1. The van der Waals surface area contributed by atoms with Crippen LogP contribution in [0.3, 0.4) is 0 Å². The fraction of sp³-hybridized carbons (Fsp3) is 0.364.